The van der Waals surface area contributed by atoms with Crippen LogP contribution in [0.5, 0.6) is 0 Å². The van der Waals surface area contributed by atoms with E-state index in [0.717, 1.165) is 12.0 Å². The molecule has 2 N–H and O–H groups in total. The fraction of sp³-hybridized carbons (Fsp3) is 0.350. The Morgan fingerprint density at radius 1 is 1.07 bits per heavy atom. The molecule has 0 aliphatic carbocycles. The summed E-state index contributed by atoms with van der Waals surface area (Å²) in [6.45, 7) is 6.84. The van der Waals surface area contributed by atoms with Crippen LogP contribution in [-0.4, -0.2) is 33.6 Å². The summed E-state index contributed by atoms with van der Waals surface area (Å²) in [5.74, 6) is -0.240. The van der Waals surface area contributed by atoms with E-state index in [1.807, 2.05) is 32.9 Å². The third kappa shape index (κ3) is 6.37. The van der Waals surface area contributed by atoms with Crippen LogP contribution in [0.25, 0.3) is 0 Å². The zero-order chi connectivity index (χ0) is 19.9. The number of nitrogens with one attached hydrogen (secondary N) is 2. The second-order valence-electron chi connectivity index (χ2n) is 6.47. The molecule has 27 heavy (non-hydrogen) atoms. The lowest BCUT2D eigenvalue weighted by atomic mass is 10.2. The van der Waals surface area contributed by atoms with Crippen LogP contribution in [0.2, 0.25) is 0 Å². The van der Waals surface area contributed by atoms with Crippen molar-refractivity contribution in [2.24, 2.45) is 0 Å². The number of para-hydroxylation sites is 1. The van der Waals surface area contributed by atoms with Gasteiger partial charge in [0.1, 0.15) is 0 Å². The summed E-state index contributed by atoms with van der Waals surface area (Å²) < 4.78 is 33.0. The Bertz CT molecular complexity index is 862. The second kappa shape index (κ2) is 9.53. The first-order valence-corrected chi connectivity index (χ1v) is 10.4. The maximum atomic E-state index is 12.5. The van der Waals surface area contributed by atoms with Gasteiger partial charge in [0, 0.05) is 18.7 Å². The maximum Gasteiger partial charge on any atom is 0.261 e. The topological polar surface area (TPSA) is 84.5 Å². The fourth-order valence-electron chi connectivity index (χ4n) is 2.37. The van der Waals surface area contributed by atoms with E-state index in [1.165, 1.54) is 24.3 Å². The zero-order valence-corrected chi connectivity index (χ0v) is 16.7. The van der Waals surface area contributed by atoms with Gasteiger partial charge in [-0.1, -0.05) is 18.2 Å². The zero-order valence-electron chi connectivity index (χ0n) is 15.9. The van der Waals surface area contributed by atoms with Crippen molar-refractivity contribution < 1.29 is 17.9 Å². The van der Waals surface area contributed by atoms with E-state index in [9.17, 15) is 13.2 Å². The Labute approximate surface area is 161 Å². The number of hydrogen-bond acceptors (Lipinski definition) is 4. The summed E-state index contributed by atoms with van der Waals surface area (Å²) >= 11 is 0. The first-order valence-electron chi connectivity index (χ1n) is 8.88. The summed E-state index contributed by atoms with van der Waals surface area (Å²) in [5.41, 5.74) is 1.77. The van der Waals surface area contributed by atoms with Crippen molar-refractivity contribution in [2.45, 2.75) is 38.2 Å². The van der Waals surface area contributed by atoms with Gasteiger partial charge in [-0.05, 0) is 63.1 Å². The SMILES string of the molecule is Cc1ccccc1NS(=O)(=O)c1ccc(C(=O)NCCCOC(C)C)cc1. The van der Waals surface area contributed by atoms with Crippen molar-refractivity contribution in [3.05, 3.63) is 59.7 Å². The average Bonchev–Trinajstić information content (AvgIpc) is 2.63. The normalized spacial score (nSPS) is 11.4. The van der Waals surface area contributed by atoms with E-state index in [1.54, 1.807) is 12.1 Å². The van der Waals surface area contributed by atoms with Gasteiger partial charge < -0.3 is 10.1 Å². The van der Waals surface area contributed by atoms with E-state index in [-0.39, 0.29) is 16.9 Å². The number of aryl methyl sites for hydroxylation is 1. The van der Waals surface area contributed by atoms with Crippen molar-refractivity contribution in [1.82, 2.24) is 5.32 Å². The number of sulfonamides is 1. The van der Waals surface area contributed by atoms with Crippen LogP contribution in [0.15, 0.2) is 53.4 Å². The molecule has 146 valence electrons. The molecule has 6 nitrogen and oxygen atoms in total. The summed E-state index contributed by atoms with van der Waals surface area (Å²) in [6, 6.07) is 13.0. The first kappa shape index (κ1) is 20.9. The molecular weight excluding hydrogens is 364 g/mol. The Morgan fingerprint density at radius 3 is 2.37 bits per heavy atom. The van der Waals surface area contributed by atoms with Gasteiger partial charge in [0.15, 0.2) is 0 Å². The molecule has 0 radical (unpaired) electrons. The number of benzene rings is 2. The molecule has 0 unspecified atom stereocenters. The van der Waals surface area contributed by atoms with Crippen LogP contribution in [-0.2, 0) is 14.8 Å². The lowest BCUT2D eigenvalue weighted by Crippen LogP contribution is -2.25. The van der Waals surface area contributed by atoms with Crippen LogP contribution in [0.3, 0.4) is 0 Å². The lowest BCUT2D eigenvalue weighted by molar-refractivity contribution is 0.0757. The third-order valence-electron chi connectivity index (χ3n) is 3.87. The minimum Gasteiger partial charge on any atom is -0.379 e. The van der Waals surface area contributed by atoms with Crippen molar-refractivity contribution in [1.29, 1.82) is 0 Å². The van der Waals surface area contributed by atoms with E-state index >= 15 is 0 Å². The lowest BCUT2D eigenvalue weighted by Gasteiger charge is -2.11. The molecule has 0 fully saturated rings. The molecular formula is C20H26N2O4S. The van der Waals surface area contributed by atoms with Crippen molar-refractivity contribution in [3.8, 4) is 0 Å². The molecule has 7 heteroatoms. The van der Waals surface area contributed by atoms with Crippen molar-refractivity contribution in [2.75, 3.05) is 17.9 Å². The van der Waals surface area contributed by atoms with Gasteiger partial charge >= 0.3 is 0 Å². The van der Waals surface area contributed by atoms with Crippen LogP contribution in [0.4, 0.5) is 5.69 Å². The minimum absolute atomic E-state index is 0.104. The second-order valence-corrected chi connectivity index (χ2v) is 8.16. The van der Waals surface area contributed by atoms with Gasteiger partial charge in [0.25, 0.3) is 15.9 Å². The Balaban J connectivity index is 1.95. The number of amides is 1. The summed E-state index contributed by atoms with van der Waals surface area (Å²) in [7, 11) is -3.71. The molecule has 0 aliphatic heterocycles. The predicted molar refractivity (Wildman–Crippen MR) is 106 cm³/mol. The maximum absolute atomic E-state index is 12.5. The van der Waals surface area contributed by atoms with E-state index in [0.29, 0.717) is 24.4 Å². The Hall–Kier alpha value is -2.38. The molecule has 0 heterocycles. The van der Waals surface area contributed by atoms with Gasteiger partial charge in [-0.3, -0.25) is 9.52 Å². The highest BCUT2D eigenvalue weighted by Gasteiger charge is 2.16. The molecule has 0 spiro atoms. The molecule has 2 aromatic rings. The first-order chi connectivity index (χ1) is 12.8. The van der Waals surface area contributed by atoms with Crippen LogP contribution >= 0.6 is 0 Å². The van der Waals surface area contributed by atoms with Gasteiger partial charge in [0.05, 0.1) is 16.7 Å². The van der Waals surface area contributed by atoms with Gasteiger partial charge in [-0.15, -0.1) is 0 Å². The molecule has 0 saturated heterocycles. The quantitative estimate of drug-likeness (QED) is 0.643. The van der Waals surface area contributed by atoms with Crippen molar-refractivity contribution >= 4 is 21.6 Å². The number of hydrogen-bond donors (Lipinski definition) is 2. The summed E-state index contributed by atoms with van der Waals surface area (Å²) in [6.07, 6.45) is 0.889. The largest absolute Gasteiger partial charge is 0.379 e. The predicted octanol–water partition coefficient (Wildman–Crippen LogP) is 3.34. The molecule has 0 aliphatic rings. The Morgan fingerprint density at radius 2 is 1.74 bits per heavy atom. The van der Waals surface area contributed by atoms with Gasteiger partial charge in [-0.25, -0.2) is 8.42 Å². The van der Waals surface area contributed by atoms with E-state index in [2.05, 4.69) is 10.0 Å². The number of ether oxygens (including phenoxy) is 1. The highest BCUT2D eigenvalue weighted by atomic mass is 32.2. The molecule has 1 amide bonds. The number of carbonyl (C=O) groups excluding carboxylic acids is 1. The molecule has 0 bridgehead atoms. The third-order valence-corrected chi connectivity index (χ3v) is 5.26. The average molecular weight is 391 g/mol. The highest BCUT2D eigenvalue weighted by molar-refractivity contribution is 7.92. The number of rotatable bonds is 9. The number of anilines is 1. The van der Waals surface area contributed by atoms with Crippen LogP contribution in [0, 0.1) is 6.92 Å². The molecule has 0 saturated carbocycles. The van der Waals surface area contributed by atoms with E-state index in [4.69, 9.17) is 4.74 Å². The smallest absolute Gasteiger partial charge is 0.261 e. The van der Waals surface area contributed by atoms with Crippen LogP contribution in [0.1, 0.15) is 36.2 Å². The fourth-order valence-corrected chi connectivity index (χ4v) is 3.50. The molecule has 0 aromatic heterocycles. The van der Waals surface area contributed by atoms with Crippen molar-refractivity contribution in [3.63, 3.8) is 0 Å². The minimum atomic E-state index is -3.71. The monoisotopic (exact) mass is 390 g/mol. The molecule has 2 aromatic carbocycles. The standard InChI is InChI=1S/C20H26N2O4S/c1-15(2)26-14-6-13-21-20(23)17-9-11-18(12-10-17)27(24,25)22-19-8-5-4-7-16(19)3/h4-5,7-12,15,22H,6,13-14H2,1-3H3,(H,21,23). The summed E-state index contributed by atoms with van der Waals surface area (Å²) in [5, 5.41) is 2.79. The molecule has 2 rings (SSSR count). The molecule has 0 atom stereocenters. The van der Waals surface area contributed by atoms with E-state index < -0.39 is 10.0 Å². The summed E-state index contributed by atoms with van der Waals surface area (Å²) in [4.78, 5) is 12.2. The van der Waals surface area contributed by atoms with Crippen LogP contribution < -0.4 is 10.0 Å². The highest BCUT2D eigenvalue weighted by Crippen LogP contribution is 2.19. The number of carbonyl (C=O) groups is 1. The van der Waals surface area contributed by atoms with Gasteiger partial charge in [0.2, 0.25) is 0 Å². The van der Waals surface area contributed by atoms with Gasteiger partial charge in [-0.2, -0.15) is 0 Å². The Kier molecular flexibility index (Phi) is 7.38.